The van der Waals surface area contributed by atoms with E-state index in [0.29, 0.717) is 5.75 Å². The number of rotatable bonds is 5. The Morgan fingerprint density at radius 2 is 1.85 bits per heavy atom. The number of hydrogen-bond acceptors (Lipinski definition) is 4. The molecule has 0 spiro atoms. The maximum atomic E-state index is 13.0. The number of para-hydroxylation sites is 1. The number of amides is 1. The van der Waals surface area contributed by atoms with Gasteiger partial charge < -0.3 is 14.8 Å². The first-order valence-electron chi connectivity index (χ1n) is 7.19. The number of methoxy groups -OCH3 is 1. The zero-order chi connectivity index (χ0) is 19.3. The Hall–Kier alpha value is -2.74. The van der Waals surface area contributed by atoms with Gasteiger partial charge in [0.2, 0.25) is 0 Å². The van der Waals surface area contributed by atoms with Crippen LogP contribution in [0.3, 0.4) is 0 Å². The summed E-state index contributed by atoms with van der Waals surface area (Å²) in [5.74, 6) is -1.37. The number of anilines is 1. The van der Waals surface area contributed by atoms with Crippen LogP contribution in [0, 0.1) is 0 Å². The third-order valence-electron chi connectivity index (χ3n) is 3.22. The molecule has 0 unspecified atom stereocenters. The number of carbonyl (C=O) groups excluding carboxylic acids is 2. The number of halogens is 4. The second kappa shape index (κ2) is 8.09. The van der Waals surface area contributed by atoms with E-state index in [9.17, 15) is 22.8 Å². The van der Waals surface area contributed by atoms with Crippen molar-refractivity contribution in [2.45, 2.75) is 6.18 Å². The molecule has 26 heavy (non-hydrogen) atoms. The molecule has 2 aromatic rings. The lowest BCUT2D eigenvalue weighted by Gasteiger charge is -2.15. The lowest BCUT2D eigenvalue weighted by molar-refractivity contribution is -0.137. The maximum absolute atomic E-state index is 13.0. The highest BCUT2D eigenvalue weighted by Gasteiger charge is 2.34. The highest BCUT2D eigenvalue weighted by molar-refractivity contribution is 6.34. The fourth-order valence-electron chi connectivity index (χ4n) is 2.03. The first-order chi connectivity index (χ1) is 12.2. The van der Waals surface area contributed by atoms with E-state index >= 15 is 0 Å². The number of benzene rings is 2. The molecule has 0 aliphatic rings. The molecule has 2 rings (SSSR count). The average molecular weight is 388 g/mol. The summed E-state index contributed by atoms with van der Waals surface area (Å²) in [6, 6.07) is 9.10. The van der Waals surface area contributed by atoms with Crippen LogP contribution in [-0.2, 0) is 15.7 Å². The first kappa shape index (κ1) is 19.6. The number of nitrogens with one attached hydrogen (secondary N) is 1. The summed E-state index contributed by atoms with van der Waals surface area (Å²) in [5.41, 5.74) is -1.56. The molecule has 0 radical (unpaired) electrons. The summed E-state index contributed by atoms with van der Waals surface area (Å²) < 4.78 is 48.7. The van der Waals surface area contributed by atoms with Gasteiger partial charge in [-0.05, 0) is 30.3 Å². The van der Waals surface area contributed by atoms with E-state index in [1.54, 1.807) is 12.1 Å². The zero-order valence-electron chi connectivity index (χ0n) is 13.4. The van der Waals surface area contributed by atoms with Gasteiger partial charge in [-0.2, -0.15) is 13.2 Å². The Kier molecular flexibility index (Phi) is 6.10. The minimum absolute atomic E-state index is 0.130. The maximum Gasteiger partial charge on any atom is 0.418 e. The fourth-order valence-corrected chi connectivity index (χ4v) is 2.25. The predicted molar refractivity (Wildman–Crippen MR) is 88.4 cm³/mol. The van der Waals surface area contributed by atoms with Gasteiger partial charge in [0.15, 0.2) is 6.61 Å². The van der Waals surface area contributed by atoms with Crippen LogP contribution in [0.1, 0.15) is 15.9 Å². The summed E-state index contributed by atoms with van der Waals surface area (Å²) in [7, 11) is 1.42. The molecule has 2 aromatic carbocycles. The van der Waals surface area contributed by atoms with Crippen molar-refractivity contribution in [3.05, 3.63) is 58.6 Å². The summed E-state index contributed by atoms with van der Waals surface area (Å²) >= 11 is 5.74. The van der Waals surface area contributed by atoms with Gasteiger partial charge in [-0.15, -0.1) is 0 Å². The van der Waals surface area contributed by atoms with Crippen molar-refractivity contribution in [1.82, 2.24) is 0 Å². The van der Waals surface area contributed by atoms with E-state index in [1.165, 1.54) is 25.3 Å². The van der Waals surface area contributed by atoms with Gasteiger partial charge in [0, 0.05) is 0 Å². The van der Waals surface area contributed by atoms with E-state index in [1.807, 2.05) is 5.32 Å². The molecule has 0 fully saturated rings. The molecular weight excluding hydrogens is 375 g/mol. The monoisotopic (exact) mass is 387 g/mol. The molecule has 1 N–H and O–H groups in total. The van der Waals surface area contributed by atoms with Crippen molar-refractivity contribution in [2.75, 3.05) is 19.0 Å². The molecule has 0 saturated carbocycles. The zero-order valence-corrected chi connectivity index (χ0v) is 14.1. The highest BCUT2D eigenvalue weighted by Crippen LogP contribution is 2.38. The van der Waals surface area contributed by atoms with Crippen LogP contribution < -0.4 is 10.1 Å². The smallest absolute Gasteiger partial charge is 0.418 e. The Labute approximate surface area is 151 Å². The molecule has 0 heterocycles. The van der Waals surface area contributed by atoms with Crippen molar-refractivity contribution >= 4 is 29.2 Å². The van der Waals surface area contributed by atoms with E-state index in [2.05, 4.69) is 0 Å². The Bertz CT molecular complexity index is 824. The van der Waals surface area contributed by atoms with Crippen LogP contribution >= 0.6 is 11.6 Å². The molecule has 0 aromatic heterocycles. The molecule has 1 amide bonds. The molecule has 9 heteroatoms. The number of esters is 1. The Morgan fingerprint density at radius 1 is 1.15 bits per heavy atom. The molecule has 0 aliphatic heterocycles. The van der Waals surface area contributed by atoms with Crippen LogP contribution in [0.25, 0.3) is 0 Å². The third kappa shape index (κ3) is 4.89. The van der Waals surface area contributed by atoms with Crippen molar-refractivity contribution < 1.29 is 32.2 Å². The molecule has 5 nitrogen and oxygen atoms in total. The average Bonchev–Trinajstić information content (AvgIpc) is 2.60. The van der Waals surface area contributed by atoms with Gasteiger partial charge in [-0.1, -0.05) is 23.7 Å². The summed E-state index contributed by atoms with van der Waals surface area (Å²) in [6.07, 6.45) is -4.70. The summed E-state index contributed by atoms with van der Waals surface area (Å²) in [5, 5.41) is 1.74. The number of carbonyl (C=O) groups is 2. The molecule has 0 bridgehead atoms. The van der Waals surface area contributed by atoms with Crippen molar-refractivity contribution in [1.29, 1.82) is 0 Å². The highest BCUT2D eigenvalue weighted by atomic mass is 35.5. The van der Waals surface area contributed by atoms with Crippen molar-refractivity contribution in [3.8, 4) is 5.75 Å². The van der Waals surface area contributed by atoms with Gasteiger partial charge in [-0.25, -0.2) is 4.79 Å². The second-order valence-electron chi connectivity index (χ2n) is 5.02. The van der Waals surface area contributed by atoms with Crippen molar-refractivity contribution in [2.24, 2.45) is 0 Å². The normalized spacial score (nSPS) is 11.0. The van der Waals surface area contributed by atoms with Crippen LogP contribution in [0.5, 0.6) is 5.75 Å². The van der Waals surface area contributed by atoms with Crippen LogP contribution in [0.4, 0.5) is 18.9 Å². The molecule has 0 aliphatic carbocycles. The van der Waals surface area contributed by atoms with E-state index in [-0.39, 0.29) is 10.6 Å². The van der Waals surface area contributed by atoms with Gasteiger partial charge in [-0.3, -0.25) is 4.79 Å². The SMILES string of the molecule is COc1cccc(C(=O)OCC(=O)Nc2c(Cl)cccc2C(F)(F)F)c1. The molecule has 0 atom stereocenters. The second-order valence-corrected chi connectivity index (χ2v) is 5.42. The summed E-state index contributed by atoms with van der Waals surface area (Å²) in [6.45, 7) is -0.779. The van der Waals surface area contributed by atoms with E-state index in [0.717, 1.165) is 12.1 Å². The van der Waals surface area contributed by atoms with Gasteiger partial charge in [0.1, 0.15) is 5.75 Å². The van der Waals surface area contributed by atoms with Gasteiger partial charge >= 0.3 is 12.1 Å². The predicted octanol–water partition coefficient (Wildman–Crippen LogP) is 4.16. The lowest BCUT2D eigenvalue weighted by Crippen LogP contribution is -2.23. The fraction of sp³-hybridized carbons (Fsp3) is 0.176. The topological polar surface area (TPSA) is 64.6 Å². The minimum atomic E-state index is -4.70. The number of alkyl halides is 3. The Morgan fingerprint density at radius 3 is 2.50 bits per heavy atom. The van der Waals surface area contributed by atoms with Crippen LogP contribution in [0.2, 0.25) is 5.02 Å². The van der Waals surface area contributed by atoms with Gasteiger partial charge in [0.05, 0.1) is 28.9 Å². The number of hydrogen-bond donors (Lipinski definition) is 1. The lowest BCUT2D eigenvalue weighted by atomic mass is 10.1. The quantitative estimate of drug-likeness (QED) is 0.782. The van der Waals surface area contributed by atoms with Gasteiger partial charge in [0.25, 0.3) is 5.91 Å². The molecular formula is C17H13ClF3NO4. The van der Waals surface area contributed by atoms with Crippen LogP contribution in [-0.4, -0.2) is 25.6 Å². The van der Waals surface area contributed by atoms with E-state index in [4.69, 9.17) is 21.1 Å². The van der Waals surface area contributed by atoms with E-state index < -0.39 is 35.9 Å². The Balaban J connectivity index is 2.05. The number of ether oxygens (including phenoxy) is 2. The minimum Gasteiger partial charge on any atom is -0.497 e. The summed E-state index contributed by atoms with van der Waals surface area (Å²) in [4.78, 5) is 23.8. The standard InChI is InChI=1S/C17H13ClF3NO4/c1-25-11-5-2-4-10(8-11)16(24)26-9-14(23)22-15-12(17(19,20)21)6-3-7-13(15)18/h2-8H,9H2,1H3,(H,22,23). The molecule has 138 valence electrons. The molecule has 0 saturated heterocycles. The first-order valence-corrected chi connectivity index (χ1v) is 7.57. The third-order valence-corrected chi connectivity index (χ3v) is 3.54. The van der Waals surface area contributed by atoms with Crippen molar-refractivity contribution in [3.63, 3.8) is 0 Å². The van der Waals surface area contributed by atoms with Crippen LogP contribution in [0.15, 0.2) is 42.5 Å². The largest absolute Gasteiger partial charge is 0.497 e.